The number of rotatable bonds is 8. The van der Waals surface area contributed by atoms with Crippen LogP contribution in [-0.4, -0.2) is 34.1 Å². The van der Waals surface area contributed by atoms with Gasteiger partial charge in [0.05, 0.1) is 11.4 Å². The van der Waals surface area contributed by atoms with E-state index < -0.39 is 5.79 Å². The molecule has 1 aromatic carbocycles. The monoisotopic (exact) mass is 321 g/mol. The molecule has 0 heterocycles. The summed E-state index contributed by atoms with van der Waals surface area (Å²) in [5.41, 5.74) is 2.11. The summed E-state index contributed by atoms with van der Waals surface area (Å²) in [4.78, 5) is 0. The van der Waals surface area contributed by atoms with Gasteiger partial charge in [-0.25, -0.2) is 0 Å². The van der Waals surface area contributed by atoms with Crippen molar-refractivity contribution >= 4 is 19.0 Å². The zero-order valence-corrected chi connectivity index (χ0v) is 14.5. The smallest absolute Gasteiger partial charge is 0.201 e. The Balaban J connectivity index is 3.27. The van der Waals surface area contributed by atoms with Gasteiger partial charge < -0.3 is 25.7 Å². The predicted octanol–water partition coefficient (Wildman–Crippen LogP) is 1.50. The van der Waals surface area contributed by atoms with Gasteiger partial charge in [0.2, 0.25) is 5.79 Å². The molecular weight excluding hydrogens is 293 g/mol. The Morgan fingerprint density at radius 2 is 1.87 bits per heavy atom. The third-order valence-corrected chi connectivity index (χ3v) is 3.88. The second-order valence-electron chi connectivity index (χ2n) is 6.02. The number of phenols is 2. The first kappa shape index (κ1) is 19.4. The van der Waals surface area contributed by atoms with Crippen LogP contribution in [0.2, 0.25) is 0 Å². The lowest BCUT2D eigenvalue weighted by Gasteiger charge is -2.25. The molecule has 0 radical (unpaired) electrons. The maximum absolute atomic E-state index is 10.2. The third-order valence-electron chi connectivity index (χ3n) is 3.88. The van der Waals surface area contributed by atoms with Crippen molar-refractivity contribution in [2.75, 3.05) is 5.32 Å². The van der Waals surface area contributed by atoms with Crippen molar-refractivity contribution in [2.24, 2.45) is 0 Å². The van der Waals surface area contributed by atoms with E-state index in [9.17, 15) is 20.4 Å². The Kier molecular flexibility index (Phi) is 6.97. The van der Waals surface area contributed by atoms with E-state index in [2.05, 4.69) is 12.2 Å². The molecule has 23 heavy (non-hydrogen) atoms. The number of nitrogens with one attached hydrogen (secondary N) is 1. The average Bonchev–Trinajstić information content (AvgIpc) is 2.45. The fourth-order valence-corrected chi connectivity index (χ4v) is 2.51. The predicted molar refractivity (Wildman–Crippen MR) is 96.0 cm³/mol. The van der Waals surface area contributed by atoms with E-state index in [0.29, 0.717) is 24.0 Å². The number of hydrogen-bond acceptors (Lipinski definition) is 5. The normalized spacial score (nSPS) is 12.5. The number of anilines is 1. The van der Waals surface area contributed by atoms with Crippen LogP contribution in [0.15, 0.2) is 17.8 Å². The van der Waals surface area contributed by atoms with Crippen molar-refractivity contribution < 1.29 is 20.4 Å². The van der Waals surface area contributed by atoms with Crippen LogP contribution in [0.1, 0.15) is 52.0 Å². The van der Waals surface area contributed by atoms with Gasteiger partial charge in [-0.05, 0) is 37.2 Å². The molecule has 1 rings (SSSR count). The minimum absolute atomic E-state index is 0.0383. The summed E-state index contributed by atoms with van der Waals surface area (Å²) >= 11 is 0. The molecule has 0 saturated heterocycles. The number of benzene rings is 1. The highest BCUT2D eigenvalue weighted by Crippen LogP contribution is 2.33. The van der Waals surface area contributed by atoms with Gasteiger partial charge >= 0.3 is 0 Å². The van der Waals surface area contributed by atoms with E-state index in [-0.39, 0.29) is 17.2 Å². The van der Waals surface area contributed by atoms with Gasteiger partial charge in [-0.3, -0.25) is 0 Å². The minimum Gasteiger partial charge on any atom is -0.508 e. The van der Waals surface area contributed by atoms with Crippen LogP contribution in [0.3, 0.4) is 0 Å². The van der Waals surface area contributed by atoms with E-state index in [0.717, 1.165) is 24.8 Å². The highest BCUT2D eigenvalue weighted by molar-refractivity contribution is 6.36. The van der Waals surface area contributed by atoms with Crippen molar-refractivity contribution in [3.63, 3.8) is 0 Å². The maximum Gasteiger partial charge on any atom is 0.201 e. The number of phenolic OH excluding ortho intramolecular Hbond substituents is 2. The van der Waals surface area contributed by atoms with Gasteiger partial charge in [-0.15, -0.1) is 0 Å². The molecule has 0 aliphatic rings. The second kappa shape index (κ2) is 8.27. The summed E-state index contributed by atoms with van der Waals surface area (Å²) in [6.07, 6.45) is 6.01. The van der Waals surface area contributed by atoms with E-state index in [1.807, 2.05) is 6.92 Å². The van der Waals surface area contributed by atoms with Crippen molar-refractivity contribution in [1.82, 2.24) is 0 Å². The Morgan fingerprint density at radius 1 is 1.22 bits per heavy atom. The van der Waals surface area contributed by atoms with E-state index in [1.54, 1.807) is 13.9 Å². The van der Waals surface area contributed by atoms with Gasteiger partial charge in [0, 0.05) is 6.07 Å². The summed E-state index contributed by atoms with van der Waals surface area (Å²) in [6.45, 7) is 5.26. The molecular formula is C17H28BNO4. The maximum atomic E-state index is 10.2. The summed E-state index contributed by atoms with van der Waals surface area (Å²) in [5.74, 6) is -2.10. The lowest BCUT2D eigenvalue weighted by Crippen LogP contribution is -2.31. The van der Waals surface area contributed by atoms with E-state index >= 15 is 0 Å². The number of aromatic hydroxyl groups is 2. The number of allylic oxidation sites excluding steroid dienone is 1. The molecule has 0 fully saturated rings. The van der Waals surface area contributed by atoms with Gasteiger partial charge in [0.1, 0.15) is 19.3 Å². The first-order valence-corrected chi connectivity index (χ1v) is 8.19. The van der Waals surface area contributed by atoms with Crippen LogP contribution in [0.25, 0.3) is 0 Å². The zero-order chi connectivity index (χ0) is 17.6. The largest absolute Gasteiger partial charge is 0.508 e. The summed E-state index contributed by atoms with van der Waals surface area (Å²) < 4.78 is 0. The SMILES string of the molecule is Bc1c(O)cc(O)c(N/C(=C\CC)C(C)(O)O)c1CCCCC. The molecule has 1 aromatic rings. The zero-order valence-electron chi connectivity index (χ0n) is 14.5. The Hall–Kier alpha value is -1.66. The lowest BCUT2D eigenvalue weighted by atomic mass is 9.85. The molecule has 0 unspecified atom stereocenters. The van der Waals surface area contributed by atoms with Gasteiger partial charge in [-0.2, -0.15) is 0 Å². The number of aliphatic hydroxyl groups is 2. The molecule has 0 aromatic heterocycles. The molecule has 0 bridgehead atoms. The minimum atomic E-state index is -2.03. The van der Waals surface area contributed by atoms with Gasteiger partial charge in [0.25, 0.3) is 0 Å². The molecule has 6 heteroatoms. The van der Waals surface area contributed by atoms with Gasteiger partial charge in [0.15, 0.2) is 0 Å². The Bertz CT molecular complexity index is 565. The van der Waals surface area contributed by atoms with Crippen molar-refractivity contribution in [2.45, 2.75) is 58.7 Å². The molecule has 0 aliphatic carbocycles. The quantitative estimate of drug-likeness (QED) is 0.164. The molecule has 128 valence electrons. The van der Waals surface area contributed by atoms with E-state index in [1.165, 1.54) is 13.0 Å². The van der Waals surface area contributed by atoms with E-state index in [4.69, 9.17) is 0 Å². The molecule has 5 N–H and O–H groups in total. The van der Waals surface area contributed by atoms with Gasteiger partial charge in [-0.1, -0.05) is 32.8 Å². The van der Waals surface area contributed by atoms with Crippen LogP contribution < -0.4 is 10.8 Å². The standard InChI is InChI=1S/C17H28BNO4/c1-4-6-7-9-11-15(18)12(20)10-13(21)16(11)19-14(8-5-2)17(3,22)23/h8,10,19-23H,4-7,9,18H2,1-3H3/b14-8-. The molecule has 5 nitrogen and oxygen atoms in total. The second-order valence-corrected chi connectivity index (χ2v) is 6.02. The van der Waals surface area contributed by atoms with Crippen molar-refractivity contribution in [1.29, 1.82) is 0 Å². The summed E-state index contributed by atoms with van der Waals surface area (Å²) in [5, 5.41) is 42.9. The highest BCUT2D eigenvalue weighted by Gasteiger charge is 2.24. The first-order chi connectivity index (χ1) is 10.7. The van der Waals surface area contributed by atoms with Crippen molar-refractivity contribution in [3.8, 4) is 11.5 Å². The third kappa shape index (κ3) is 5.18. The summed E-state index contributed by atoms with van der Waals surface area (Å²) in [7, 11) is 1.79. The topological polar surface area (TPSA) is 93.0 Å². The highest BCUT2D eigenvalue weighted by atomic mass is 16.5. The lowest BCUT2D eigenvalue weighted by molar-refractivity contribution is -0.110. The first-order valence-electron chi connectivity index (χ1n) is 8.19. The fourth-order valence-electron chi connectivity index (χ4n) is 2.51. The van der Waals surface area contributed by atoms with Crippen LogP contribution >= 0.6 is 0 Å². The Morgan fingerprint density at radius 3 is 2.39 bits per heavy atom. The molecule has 0 aliphatic heterocycles. The Labute approximate surface area is 139 Å². The fraction of sp³-hybridized carbons (Fsp3) is 0.529. The van der Waals surface area contributed by atoms with Crippen LogP contribution in [-0.2, 0) is 6.42 Å². The van der Waals surface area contributed by atoms with Crippen LogP contribution in [0.5, 0.6) is 11.5 Å². The molecule has 0 atom stereocenters. The number of hydrogen-bond donors (Lipinski definition) is 5. The molecule has 0 amide bonds. The van der Waals surface area contributed by atoms with Crippen LogP contribution in [0.4, 0.5) is 5.69 Å². The van der Waals surface area contributed by atoms with Crippen LogP contribution in [0, 0.1) is 0 Å². The summed E-state index contributed by atoms with van der Waals surface area (Å²) in [6, 6.07) is 1.27. The average molecular weight is 321 g/mol. The molecule has 0 spiro atoms. The number of unbranched alkanes of at least 4 members (excludes halogenated alkanes) is 2. The van der Waals surface area contributed by atoms with Crippen molar-refractivity contribution in [3.05, 3.63) is 23.4 Å². The molecule has 0 saturated carbocycles.